The number of carbonyl (C=O) groups excluding carboxylic acids is 1. The zero-order valence-electron chi connectivity index (χ0n) is 31.1. The standard InChI is InChI=1S/C44H39F5N4O5/c45-37-36(38(46)40(48)41(49)39(37)47)42(55)50-22-26-5-3-6-28(19-26)29-7-4-8-30(20-29)43-57-32(21-35(58-43)27-13-11-25(24-54)12-14-27)23-52-17-15-31(16-18-52)53-34-10-2-1-9-33(34)51-44(53)56/h1-14,19-20,31-32,35,43,54H,15-18,21-24H2,(H,50,55)(H,51,56)/t32-,35+,43+/m0/s1. The Balaban J connectivity index is 0.980. The van der Waals surface area contributed by atoms with Gasteiger partial charge >= 0.3 is 5.69 Å². The highest BCUT2D eigenvalue weighted by Gasteiger charge is 2.35. The maximum absolute atomic E-state index is 14.2. The molecule has 14 heteroatoms. The lowest BCUT2D eigenvalue weighted by molar-refractivity contribution is -0.253. The average Bonchev–Trinajstić information content (AvgIpc) is 3.60. The van der Waals surface area contributed by atoms with Crippen LogP contribution in [0.15, 0.2) is 102 Å². The predicted molar refractivity (Wildman–Crippen MR) is 205 cm³/mol. The van der Waals surface area contributed by atoms with Crippen molar-refractivity contribution in [1.29, 1.82) is 0 Å². The highest BCUT2D eigenvalue weighted by atomic mass is 19.2. The van der Waals surface area contributed by atoms with Crippen LogP contribution in [0.3, 0.4) is 0 Å². The Morgan fingerprint density at radius 1 is 0.759 bits per heavy atom. The van der Waals surface area contributed by atoms with Gasteiger partial charge in [-0.15, -0.1) is 0 Å². The van der Waals surface area contributed by atoms with Gasteiger partial charge in [0, 0.05) is 44.2 Å². The van der Waals surface area contributed by atoms with Gasteiger partial charge in [0.15, 0.2) is 29.6 Å². The van der Waals surface area contributed by atoms with Gasteiger partial charge in [0.1, 0.15) is 5.56 Å². The average molecular weight is 799 g/mol. The van der Waals surface area contributed by atoms with Crippen molar-refractivity contribution in [3.63, 3.8) is 0 Å². The molecule has 3 N–H and O–H groups in total. The van der Waals surface area contributed by atoms with Gasteiger partial charge in [-0.2, -0.15) is 0 Å². The second-order valence-electron chi connectivity index (χ2n) is 14.7. The Morgan fingerprint density at radius 2 is 1.43 bits per heavy atom. The predicted octanol–water partition coefficient (Wildman–Crippen LogP) is 8.00. The van der Waals surface area contributed by atoms with Gasteiger partial charge in [-0.3, -0.25) is 9.36 Å². The summed E-state index contributed by atoms with van der Waals surface area (Å²) in [7, 11) is 0. The SMILES string of the molecule is O=C(NCc1cccc(-c2cccc([C@@H]3O[C@H](CN4CCC(n5c(=O)[nH]c6ccccc65)CC4)C[C@H](c4ccc(CO)cc4)O3)c2)c1)c1c(F)c(F)c(F)c(F)c1F. The quantitative estimate of drug-likeness (QED) is 0.0737. The number of halogens is 5. The number of piperidine rings is 1. The van der Waals surface area contributed by atoms with Crippen molar-refractivity contribution in [2.24, 2.45) is 0 Å². The van der Waals surface area contributed by atoms with E-state index in [4.69, 9.17) is 9.47 Å². The lowest BCUT2D eigenvalue weighted by Crippen LogP contribution is -2.43. The molecule has 2 fully saturated rings. The molecule has 0 bridgehead atoms. The Hall–Kier alpha value is -5.67. The summed E-state index contributed by atoms with van der Waals surface area (Å²) < 4.78 is 84.6. The fraction of sp³-hybridized carbons (Fsp3) is 0.273. The Bertz CT molecular complexity index is 2490. The molecular weight excluding hydrogens is 759 g/mol. The summed E-state index contributed by atoms with van der Waals surface area (Å²) in [6.07, 6.45) is 0.946. The van der Waals surface area contributed by atoms with E-state index in [1.54, 1.807) is 18.2 Å². The normalized spacial score (nSPS) is 19.1. The number of nitrogens with one attached hydrogen (secondary N) is 2. The molecule has 1 aromatic heterocycles. The number of imidazole rings is 1. The minimum Gasteiger partial charge on any atom is -0.392 e. The fourth-order valence-corrected chi connectivity index (χ4v) is 7.92. The molecule has 2 aliphatic heterocycles. The number of amides is 1. The van der Waals surface area contributed by atoms with Gasteiger partial charge in [-0.25, -0.2) is 26.7 Å². The van der Waals surface area contributed by atoms with Crippen molar-refractivity contribution >= 4 is 16.9 Å². The number of likely N-dealkylation sites (tertiary alicyclic amines) is 1. The monoisotopic (exact) mass is 798 g/mol. The molecule has 0 saturated carbocycles. The zero-order valence-corrected chi connectivity index (χ0v) is 31.1. The van der Waals surface area contributed by atoms with Crippen LogP contribution in [0, 0.1) is 29.1 Å². The van der Waals surface area contributed by atoms with Crippen molar-refractivity contribution in [2.75, 3.05) is 19.6 Å². The third-order valence-electron chi connectivity index (χ3n) is 10.9. The summed E-state index contributed by atoms with van der Waals surface area (Å²) in [5.74, 6) is -12.6. The van der Waals surface area contributed by atoms with Crippen LogP contribution in [-0.2, 0) is 22.6 Å². The first-order chi connectivity index (χ1) is 28.1. The molecule has 5 aromatic carbocycles. The van der Waals surface area contributed by atoms with E-state index >= 15 is 0 Å². The molecule has 300 valence electrons. The van der Waals surface area contributed by atoms with Gasteiger partial charge in [0.2, 0.25) is 5.82 Å². The number of carbonyl (C=O) groups is 1. The number of ether oxygens (including phenoxy) is 2. The van der Waals surface area contributed by atoms with Crippen LogP contribution in [0.5, 0.6) is 0 Å². The van der Waals surface area contributed by atoms with Gasteiger partial charge < -0.3 is 29.8 Å². The van der Waals surface area contributed by atoms with Gasteiger partial charge in [0.05, 0.1) is 29.8 Å². The van der Waals surface area contributed by atoms with E-state index in [0.29, 0.717) is 18.5 Å². The number of aliphatic hydroxyl groups is 1. The summed E-state index contributed by atoms with van der Waals surface area (Å²) in [4.78, 5) is 30.8. The number of H-pyrrole nitrogens is 1. The van der Waals surface area contributed by atoms with E-state index in [0.717, 1.165) is 64.8 Å². The molecule has 0 radical (unpaired) electrons. The number of para-hydroxylation sites is 2. The van der Waals surface area contributed by atoms with Crippen molar-refractivity contribution in [3.05, 3.63) is 164 Å². The summed E-state index contributed by atoms with van der Waals surface area (Å²) in [6.45, 7) is 1.89. The molecule has 6 aromatic rings. The van der Waals surface area contributed by atoms with Crippen LogP contribution in [0.2, 0.25) is 0 Å². The molecule has 2 aliphatic rings. The van der Waals surface area contributed by atoms with Crippen LogP contribution in [0.25, 0.3) is 22.2 Å². The zero-order chi connectivity index (χ0) is 40.5. The van der Waals surface area contributed by atoms with Crippen molar-refractivity contribution < 1.29 is 41.3 Å². The van der Waals surface area contributed by atoms with Crippen LogP contribution < -0.4 is 11.0 Å². The summed E-state index contributed by atoms with van der Waals surface area (Å²) in [5, 5.41) is 11.9. The second kappa shape index (κ2) is 16.7. The van der Waals surface area contributed by atoms with Crippen LogP contribution in [0.1, 0.15) is 70.3 Å². The highest BCUT2D eigenvalue weighted by molar-refractivity contribution is 5.94. The summed E-state index contributed by atoms with van der Waals surface area (Å²) >= 11 is 0. The number of hydrogen-bond donors (Lipinski definition) is 3. The maximum atomic E-state index is 14.2. The summed E-state index contributed by atoms with van der Waals surface area (Å²) in [5.41, 5.74) is 4.57. The Labute approximate surface area is 329 Å². The minimum atomic E-state index is -2.34. The number of rotatable bonds is 10. The molecule has 8 rings (SSSR count). The maximum Gasteiger partial charge on any atom is 0.326 e. The van der Waals surface area contributed by atoms with E-state index < -0.39 is 46.8 Å². The highest BCUT2D eigenvalue weighted by Crippen LogP contribution is 2.40. The molecule has 0 unspecified atom stereocenters. The molecule has 0 spiro atoms. The molecule has 2 saturated heterocycles. The molecule has 0 aliphatic carbocycles. The first-order valence-corrected chi connectivity index (χ1v) is 19.0. The van der Waals surface area contributed by atoms with Crippen LogP contribution in [0.4, 0.5) is 22.0 Å². The Morgan fingerprint density at radius 3 is 2.16 bits per heavy atom. The van der Waals surface area contributed by atoms with E-state index in [9.17, 15) is 36.6 Å². The third kappa shape index (κ3) is 7.92. The van der Waals surface area contributed by atoms with Crippen molar-refractivity contribution in [3.8, 4) is 11.1 Å². The molecule has 3 heterocycles. The smallest absolute Gasteiger partial charge is 0.326 e. The molecule has 9 nitrogen and oxygen atoms in total. The molecule has 3 atom stereocenters. The van der Waals surface area contributed by atoms with Crippen molar-refractivity contribution in [1.82, 2.24) is 19.8 Å². The van der Waals surface area contributed by atoms with Crippen LogP contribution in [-0.4, -0.2) is 51.2 Å². The van der Waals surface area contributed by atoms with E-state index in [1.165, 1.54) is 0 Å². The number of aromatic amines is 1. The number of nitrogens with zero attached hydrogens (tertiary/aromatic N) is 2. The lowest BCUT2D eigenvalue weighted by atomic mass is 9.97. The molecular formula is C44H39F5N4O5. The van der Waals surface area contributed by atoms with Gasteiger partial charge in [-0.1, -0.05) is 72.8 Å². The van der Waals surface area contributed by atoms with Gasteiger partial charge in [0.25, 0.3) is 5.91 Å². The first kappa shape index (κ1) is 39.2. The van der Waals surface area contributed by atoms with E-state index in [-0.39, 0.29) is 37.1 Å². The molecule has 58 heavy (non-hydrogen) atoms. The number of fused-ring (bicyclic) bond motifs is 1. The number of benzene rings is 5. The van der Waals surface area contributed by atoms with Crippen LogP contribution >= 0.6 is 0 Å². The number of aliphatic hydroxyl groups excluding tert-OH is 1. The van der Waals surface area contributed by atoms with Gasteiger partial charge in [-0.05, 0) is 64.9 Å². The van der Waals surface area contributed by atoms with E-state index in [2.05, 4.69) is 15.2 Å². The first-order valence-electron chi connectivity index (χ1n) is 19.0. The molecule has 1 amide bonds. The largest absolute Gasteiger partial charge is 0.392 e. The second-order valence-corrected chi connectivity index (χ2v) is 14.7. The van der Waals surface area contributed by atoms with Crippen molar-refractivity contribution in [2.45, 2.75) is 57.0 Å². The van der Waals surface area contributed by atoms with E-state index in [1.807, 2.05) is 83.4 Å². The fourth-order valence-electron chi connectivity index (χ4n) is 7.92. The minimum absolute atomic E-state index is 0.0769. The topological polar surface area (TPSA) is 109 Å². The number of hydrogen-bond acceptors (Lipinski definition) is 6. The summed E-state index contributed by atoms with van der Waals surface area (Å²) in [6, 6.07) is 29.9. The lowest BCUT2D eigenvalue weighted by Gasteiger charge is -2.40. The third-order valence-corrected chi connectivity index (χ3v) is 10.9. The Kier molecular flexibility index (Phi) is 11.3. The number of aromatic nitrogens is 2.